The summed E-state index contributed by atoms with van der Waals surface area (Å²) in [6.45, 7) is 4.46. The third kappa shape index (κ3) is 3.74. The van der Waals surface area contributed by atoms with Crippen LogP contribution in [-0.4, -0.2) is 0 Å². The lowest BCUT2D eigenvalue weighted by Crippen LogP contribution is -1.92. The molecule has 0 fully saturated rings. The summed E-state index contributed by atoms with van der Waals surface area (Å²) in [6.07, 6.45) is 0. The molecule has 8 rings (SSSR count). The molecule has 0 spiro atoms. The lowest BCUT2D eigenvalue weighted by molar-refractivity contribution is 1.46. The van der Waals surface area contributed by atoms with Crippen LogP contribution in [0.1, 0.15) is 11.1 Å². The van der Waals surface area contributed by atoms with E-state index in [2.05, 4.69) is 147 Å². The number of aryl methyl sites for hydroxylation is 2. The molecule has 0 aliphatic rings. The van der Waals surface area contributed by atoms with E-state index in [9.17, 15) is 0 Å². The molecular formula is C40H28S. The van der Waals surface area contributed by atoms with E-state index < -0.39 is 0 Å². The molecule has 0 saturated heterocycles. The second-order valence-corrected chi connectivity index (χ2v) is 12.0. The van der Waals surface area contributed by atoms with Crippen molar-refractivity contribution in [3.8, 4) is 33.4 Å². The van der Waals surface area contributed by atoms with Gasteiger partial charge in [0.1, 0.15) is 0 Å². The minimum absolute atomic E-state index is 1.26. The molecule has 0 saturated carbocycles. The summed E-state index contributed by atoms with van der Waals surface area (Å²) in [5.41, 5.74) is 10.4. The minimum atomic E-state index is 1.26. The fourth-order valence-corrected chi connectivity index (χ4v) is 7.94. The van der Waals surface area contributed by atoms with Gasteiger partial charge < -0.3 is 0 Å². The predicted octanol–water partition coefficient (Wildman–Crippen LogP) is 12.0. The molecule has 41 heavy (non-hydrogen) atoms. The molecule has 0 bridgehead atoms. The monoisotopic (exact) mass is 540 g/mol. The SMILES string of the molecule is Cc1cc(-c2c3ccccc3c(-c3cccc4c3sc3c(C)cccc34)c3ccccc23)ccc1-c1ccccc1. The van der Waals surface area contributed by atoms with Crippen LogP contribution in [0.4, 0.5) is 0 Å². The zero-order valence-corrected chi connectivity index (χ0v) is 23.9. The van der Waals surface area contributed by atoms with E-state index in [4.69, 9.17) is 0 Å². The summed E-state index contributed by atoms with van der Waals surface area (Å²) in [6, 6.07) is 49.1. The van der Waals surface area contributed by atoms with Gasteiger partial charge in [-0.1, -0.05) is 133 Å². The molecule has 0 unspecified atom stereocenters. The van der Waals surface area contributed by atoms with Gasteiger partial charge in [-0.05, 0) is 74.3 Å². The third-order valence-corrected chi connectivity index (χ3v) is 9.91. The Hall–Kier alpha value is -4.72. The Morgan fingerprint density at radius 3 is 1.59 bits per heavy atom. The average Bonchev–Trinajstić information content (AvgIpc) is 3.41. The topological polar surface area (TPSA) is 0 Å². The molecule has 0 atom stereocenters. The molecule has 0 radical (unpaired) electrons. The van der Waals surface area contributed by atoms with Gasteiger partial charge in [0, 0.05) is 25.7 Å². The van der Waals surface area contributed by atoms with Gasteiger partial charge >= 0.3 is 0 Å². The Labute approximate surface area is 244 Å². The van der Waals surface area contributed by atoms with Crippen LogP contribution in [-0.2, 0) is 0 Å². The van der Waals surface area contributed by atoms with Gasteiger partial charge in [-0.2, -0.15) is 0 Å². The zero-order chi connectivity index (χ0) is 27.5. The third-order valence-electron chi connectivity index (χ3n) is 8.52. The average molecular weight is 541 g/mol. The standard InChI is InChI=1S/C40H28S/c1-25-12-10-19-34-35-20-11-21-36(40(35)41-39(25)34)38-32-17-8-6-15-30(32)37(31-16-7-9-18-33(31)38)28-22-23-29(26(2)24-28)27-13-4-3-5-14-27/h3-24H,1-2H3. The lowest BCUT2D eigenvalue weighted by atomic mass is 9.85. The highest BCUT2D eigenvalue weighted by molar-refractivity contribution is 7.26. The highest BCUT2D eigenvalue weighted by Gasteiger charge is 2.20. The van der Waals surface area contributed by atoms with Crippen molar-refractivity contribution in [3.63, 3.8) is 0 Å². The van der Waals surface area contributed by atoms with Crippen LogP contribution >= 0.6 is 11.3 Å². The van der Waals surface area contributed by atoms with Gasteiger partial charge in [0.15, 0.2) is 0 Å². The van der Waals surface area contributed by atoms with Crippen molar-refractivity contribution < 1.29 is 0 Å². The normalized spacial score (nSPS) is 11.7. The van der Waals surface area contributed by atoms with E-state index in [0.717, 1.165) is 0 Å². The van der Waals surface area contributed by atoms with Crippen LogP contribution in [0.3, 0.4) is 0 Å². The van der Waals surface area contributed by atoms with Crippen molar-refractivity contribution in [3.05, 3.63) is 145 Å². The Morgan fingerprint density at radius 2 is 0.927 bits per heavy atom. The number of hydrogen-bond donors (Lipinski definition) is 0. The van der Waals surface area contributed by atoms with E-state index in [1.807, 2.05) is 11.3 Å². The molecular weight excluding hydrogens is 513 g/mol. The zero-order valence-electron chi connectivity index (χ0n) is 23.1. The Balaban J connectivity index is 1.45. The first-order valence-electron chi connectivity index (χ1n) is 14.2. The van der Waals surface area contributed by atoms with E-state index >= 15 is 0 Å². The van der Waals surface area contributed by atoms with Crippen molar-refractivity contribution in [1.82, 2.24) is 0 Å². The second kappa shape index (κ2) is 9.44. The summed E-state index contributed by atoms with van der Waals surface area (Å²) in [5.74, 6) is 0. The molecule has 0 aliphatic carbocycles. The molecule has 0 aliphatic heterocycles. The lowest BCUT2D eigenvalue weighted by Gasteiger charge is -2.19. The Morgan fingerprint density at radius 1 is 0.366 bits per heavy atom. The van der Waals surface area contributed by atoms with Crippen LogP contribution < -0.4 is 0 Å². The number of rotatable bonds is 3. The Kier molecular flexibility index (Phi) is 5.55. The smallest absolute Gasteiger partial charge is 0.0434 e. The van der Waals surface area contributed by atoms with Crippen LogP contribution in [0.15, 0.2) is 133 Å². The molecule has 0 amide bonds. The van der Waals surface area contributed by atoms with Crippen molar-refractivity contribution in [2.45, 2.75) is 13.8 Å². The molecule has 1 heteroatoms. The fourth-order valence-electron chi connectivity index (χ4n) is 6.65. The number of hydrogen-bond acceptors (Lipinski definition) is 1. The summed E-state index contributed by atoms with van der Waals surface area (Å²) >= 11 is 1.93. The number of fused-ring (bicyclic) bond motifs is 5. The number of thiophene rings is 1. The van der Waals surface area contributed by atoms with Gasteiger partial charge in [0.2, 0.25) is 0 Å². The maximum absolute atomic E-state index is 2.37. The molecule has 7 aromatic carbocycles. The first-order chi connectivity index (χ1) is 20.2. The van der Waals surface area contributed by atoms with Crippen LogP contribution in [0.25, 0.3) is 75.1 Å². The van der Waals surface area contributed by atoms with E-state index in [1.165, 1.54) is 86.2 Å². The largest absolute Gasteiger partial charge is 0.134 e. The molecule has 1 heterocycles. The maximum atomic E-state index is 2.37. The summed E-state index contributed by atoms with van der Waals surface area (Å²) in [7, 11) is 0. The highest BCUT2D eigenvalue weighted by atomic mass is 32.1. The van der Waals surface area contributed by atoms with Crippen molar-refractivity contribution in [1.29, 1.82) is 0 Å². The van der Waals surface area contributed by atoms with E-state index in [1.54, 1.807) is 0 Å². The number of benzene rings is 7. The van der Waals surface area contributed by atoms with Gasteiger partial charge in [0.05, 0.1) is 0 Å². The van der Waals surface area contributed by atoms with Gasteiger partial charge in [-0.3, -0.25) is 0 Å². The van der Waals surface area contributed by atoms with Crippen LogP contribution in [0.5, 0.6) is 0 Å². The highest BCUT2D eigenvalue weighted by Crippen LogP contribution is 2.48. The van der Waals surface area contributed by atoms with Crippen molar-refractivity contribution in [2.24, 2.45) is 0 Å². The minimum Gasteiger partial charge on any atom is -0.134 e. The fraction of sp³-hybridized carbons (Fsp3) is 0.0500. The first-order valence-corrected chi connectivity index (χ1v) is 15.0. The van der Waals surface area contributed by atoms with Crippen molar-refractivity contribution >= 4 is 53.1 Å². The van der Waals surface area contributed by atoms with Gasteiger partial charge in [-0.25, -0.2) is 0 Å². The van der Waals surface area contributed by atoms with E-state index in [0.29, 0.717) is 0 Å². The molecule has 0 N–H and O–H groups in total. The van der Waals surface area contributed by atoms with Gasteiger partial charge in [0.25, 0.3) is 0 Å². The van der Waals surface area contributed by atoms with E-state index in [-0.39, 0.29) is 0 Å². The Bertz CT molecular complexity index is 2210. The van der Waals surface area contributed by atoms with Crippen LogP contribution in [0, 0.1) is 13.8 Å². The molecule has 0 nitrogen and oxygen atoms in total. The predicted molar refractivity (Wildman–Crippen MR) is 180 cm³/mol. The quantitative estimate of drug-likeness (QED) is 0.196. The molecule has 194 valence electrons. The molecule has 1 aromatic heterocycles. The van der Waals surface area contributed by atoms with Crippen LogP contribution in [0.2, 0.25) is 0 Å². The van der Waals surface area contributed by atoms with Gasteiger partial charge in [-0.15, -0.1) is 11.3 Å². The summed E-state index contributed by atoms with van der Waals surface area (Å²) < 4.78 is 2.75. The summed E-state index contributed by atoms with van der Waals surface area (Å²) in [4.78, 5) is 0. The molecule has 8 aromatic rings. The van der Waals surface area contributed by atoms with Crippen molar-refractivity contribution in [2.75, 3.05) is 0 Å². The first kappa shape index (κ1) is 24.1. The maximum Gasteiger partial charge on any atom is 0.0434 e. The summed E-state index contributed by atoms with van der Waals surface area (Å²) in [5, 5.41) is 7.88. The second-order valence-electron chi connectivity index (χ2n) is 11.0.